The first-order valence-electron chi connectivity index (χ1n) is 5.25. The van der Waals surface area contributed by atoms with Gasteiger partial charge in [0, 0.05) is 5.56 Å². The molecule has 0 atom stereocenters. The summed E-state index contributed by atoms with van der Waals surface area (Å²) in [5.74, 6) is -0.367. The van der Waals surface area contributed by atoms with Crippen LogP contribution in [0, 0.1) is 0 Å². The minimum atomic E-state index is -4.40. The zero-order valence-electron chi connectivity index (χ0n) is 9.12. The van der Waals surface area contributed by atoms with Crippen LogP contribution in [0.25, 0.3) is 11.1 Å². The Labute approximate surface area is 104 Å². The Kier molecular flexibility index (Phi) is 2.17. The van der Waals surface area contributed by atoms with Gasteiger partial charge in [-0.15, -0.1) is 0 Å². The van der Waals surface area contributed by atoms with Gasteiger partial charge in [0.25, 0.3) is 10.1 Å². The molecule has 90 valence electrons. The van der Waals surface area contributed by atoms with Crippen molar-refractivity contribution in [3.8, 4) is 11.1 Å². The molecule has 18 heavy (non-hydrogen) atoms. The molecule has 2 aromatic rings. The van der Waals surface area contributed by atoms with Gasteiger partial charge in [-0.05, 0) is 17.2 Å². The second-order valence-corrected chi connectivity index (χ2v) is 5.42. The van der Waals surface area contributed by atoms with Crippen LogP contribution in [0.5, 0.6) is 0 Å². The van der Waals surface area contributed by atoms with E-state index in [9.17, 15) is 13.2 Å². The Morgan fingerprint density at radius 1 is 0.833 bits per heavy atom. The van der Waals surface area contributed by atoms with E-state index in [4.69, 9.17) is 4.55 Å². The van der Waals surface area contributed by atoms with Gasteiger partial charge in [0.15, 0.2) is 5.78 Å². The van der Waals surface area contributed by atoms with E-state index in [2.05, 4.69) is 0 Å². The number of hydrogen-bond acceptors (Lipinski definition) is 3. The lowest BCUT2D eigenvalue weighted by Crippen LogP contribution is -2.06. The summed E-state index contributed by atoms with van der Waals surface area (Å²) in [6.07, 6.45) is 0. The SMILES string of the molecule is O=C1c2ccccc2-c2cccc(S(=O)(=O)O)c21. The number of ketones is 1. The molecule has 2 aromatic carbocycles. The van der Waals surface area contributed by atoms with Crippen LogP contribution < -0.4 is 0 Å². The van der Waals surface area contributed by atoms with Crippen LogP contribution in [0.4, 0.5) is 0 Å². The number of hydrogen-bond donors (Lipinski definition) is 1. The van der Waals surface area contributed by atoms with Crippen molar-refractivity contribution in [2.75, 3.05) is 0 Å². The van der Waals surface area contributed by atoms with Crippen LogP contribution in [-0.2, 0) is 10.1 Å². The zero-order valence-corrected chi connectivity index (χ0v) is 9.94. The molecule has 0 unspecified atom stereocenters. The monoisotopic (exact) mass is 260 g/mol. The first-order valence-corrected chi connectivity index (χ1v) is 6.69. The maximum absolute atomic E-state index is 12.2. The van der Waals surface area contributed by atoms with Gasteiger partial charge in [-0.1, -0.05) is 36.4 Å². The third-order valence-corrected chi connectivity index (χ3v) is 3.89. The molecular weight excluding hydrogens is 252 g/mol. The average molecular weight is 260 g/mol. The van der Waals surface area contributed by atoms with E-state index in [1.165, 1.54) is 12.1 Å². The third kappa shape index (κ3) is 1.41. The van der Waals surface area contributed by atoms with Crippen molar-refractivity contribution in [2.45, 2.75) is 4.90 Å². The van der Waals surface area contributed by atoms with Crippen molar-refractivity contribution < 1.29 is 17.8 Å². The summed E-state index contributed by atoms with van der Waals surface area (Å²) in [4.78, 5) is 11.8. The van der Waals surface area contributed by atoms with Crippen molar-refractivity contribution in [1.29, 1.82) is 0 Å². The maximum atomic E-state index is 12.2. The highest BCUT2D eigenvalue weighted by molar-refractivity contribution is 7.86. The Bertz CT molecular complexity index is 775. The summed E-state index contributed by atoms with van der Waals surface area (Å²) < 4.78 is 31.8. The van der Waals surface area contributed by atoms with Crippen LogP contribution in [0.2, 0.25) is 0 Å². The van der Waals surface area contributed by atoms with E-state index >= 15 is 0 Å². The van der Waals surface area contributed by atoms with Gasteiger partial charge in [-0.2, -0.15) is 8.42 Å². The summed E-state index contributed by atoms with van der Waals surface area (Å²) >= 11 is 0. The molecule has 0 bridgehead atoms. The minimum Gasteiger partial charge on any atom is -0.289 e. The molecule has 0 fully saturated rings. The largest absolute Gasteiger partial charge is 0.295 e. The second kappa shape index (κ2) is 3.51. The van der Waals surface area contributed by atoms with Gasteiger partial charge < -0.3 is 0 Å². The van der Waals surface area contributed by atoms with Crippen LogP contribution in [0.15, 0.2) is 47.4 Å². The predicted molar refractivity (Wildman–Crippen MR) is 65.1 cm³/mol. The Morgan fingerprint density at radius 2 is 1.44 bits per heavy atom. The number of benzene rings is 2. The second-order valence-electron chi connectivity index (χ2n) is 4.03. The third-order valence-electron chi connectivity index (χ3n) is 2.99. The fourth-order valence-electron chi connectivity index (χ4n) is 2.26. The molecule has 1 aliphatic carbocycles. The summed E-state index contributed by atoms with van der Waals surface area (Å²) in [6, 6.07) is 11.3. The molecule has 3 rings (SSSR count). The molecule has 0 radical (unpaired) electrons. The van der Waals surface area contributed by atoms with E-state index in [0.29, 0.717) is 16.7 Å². The van der Waals surface area contributed by atoms with Crippen molar-refractivity contribution in [2.24, 2.45) is 0 Å². The first kappa shape index (κ1) is 11.1. The maximum Gasteiger partial charge on any atom is 0.295 e. The molecule has 0 saturated heterocycles. The van der Waals surface area contributed by atoms with Crippen LogP contribution in [0.3, 0.4) is 0 Å². The summed E-state index contributed by atoms with van der Waals surface area (Å²) in [7, 11) is -4.40. The Balaban J connectivity index is 2.42. The van der Waals surface area contributed by atoms with Gasteiger partial charge in [0.1, 0.15) is 4.90 Å². The Morgan fingerprint density at radius 3 is 2.11 bits per heavy atom. The highest BCUT2D eigenvalue weighted by Crippen LogP contribution is 2.39. The number of rotatable bonds is 1. The smallest absolute Gasteiger partial charge is 0.289 e. The van der Waals surface area contributed by atoms with Crippen molar-refractivity contribution >= 4 is 15.9 Å². The lowest BCUT2D eigenvalue weighted by Gasteiger charge is -2.03. The highest BCUT2D eigenvalue weighted by atomic mass is 32.2. The number of carbonyl (C=O) groups is 1. The topological polar surface area (TPSA) is 71.4 Å². The molecule has 0 heterocycles. The molecule has 4 nitrogen and oxygen atoms in total. The van der Waals surface area contributed by atoms with Gasteiger partial charge in [-0.25, -0.2) is 0 Å². The molecule has 1 N–H and O–H groups in total. The standard InChI is InChI=1S/C13H8O4S/c14-13-10-5-2-1-4-8(10)9-6-3-7-11(12(9)13)18(15,16)17/h1-7H,(H,15,16,17). The zero-order chi connectivity index (χ0) is 12.9. The Hall–Kier alpha value is -1.98. The summed E-state index contributed by atoms with van der Waals surface area (Å²) in [5.41, 5.74) is 1.76. The van der Waals surface area contributed by atoms with E-state index in [1.54, 1.807) is 30.3 Å². The van der Waals surface area contributed by atoms with Crippen LogP contribution in [0.1, 0.15) is 15.9 Å². The fraction of sp³-hybridized carbons (Fsp3) is 0. The lowest BCUT2D eigenvalue weighted by molar-refractivity contribution is 0.104. The van der Waals surface area contributed by atoms with E-state index in [0.717, 1.165) is 0 Å². The molecule has 1 aliphatic rings. The van der Waals surface area contributed by atoms with Crippen molar-refractivity contribution in [3.63, 3.8) is 0 Å². The molecule has 0 aliphatic heterocycles. The molecule has 0 aromatic heterocycles. The highest BCUT2D eigenvalue weighted by Gasteiger charge is 2.32. The normalized spacial score (nSPS) is 13.3. The first-order chi connectivity index (χ1) is 8.50. The number of carbonyl (C=O) groups excluding carboxylic acids is 1. The predicted octanol–water partition coefficient (Wildman–Crippen LogP) is 2.14. The van der Waals surface area contributed by atoms with Gasteiger partial charge in [0.05, 0.1) is 5.56 Å². The van der Waals surface area contributed by atoms with E-state index < -0.39 is 10.1 Å². The molecular formula is C13H8O4S. The molecule has 5 heteroatoms. The van der Waals surface area contributed by atoms with Gasteiger partial charge in [0.2, 0.25) is 0 Å². The summed E-state index contributed by atoms with van der Waals surface area (Å²) in [5, 5.41) is 0. The lowest BCUT2D eigenvalue weighted by atomic mass is 10.1. The molecule has 0 amide bonds. The summed E-state index contributed by atoms with van der Waals surface area (Å²) in [6.45, 7) is 0. The van der Waals surface area contributed by atoms with Gasteiger partial charge >= 0.3 is 0 Å². The molecule has 0 saturated carbocycles. The van der Waals surface area contributed by atoms with E-state index in [-0.39, 0.29) is 16.2 Å². The van der Waals surface area contributed by atoms with Crippen molar-refractivity contribution in [3.05, 3.63) is 53.6 Å². The average Bonchev–Trinajstić information content (AvgIpc) is 2.63. The number of fused-ring (bicyclic) bond motifs is 3. The minimum absolute atomic E-state index is 0.0567. The van der Waals surface area contributed by atoms with Crippen LogP contribution >= 0.6 is 0 Å². The van der Waals surface area contributed by atoms with Crippen LogP contribution in [-0.4, -0.2) is 18.8 Å². The van der Waals surface area contributed by atoms with E-state index in [1.807, 2.05) is 0 Å². The van der Waals surface area contributed by atoms with Gasteiger partial charge in [-0.3, -0.25) is 9.35 Å². The molecule has 0 spiro atoms. The fourth-order valence-corrected chi connectivity index (χ4v) is 2.97. The quantitative estimate of drug-likeness (QED) is 0.680. The van der Waals surface area contributed by atoms with Crippen molar-refractivity contribution in [1.82, 2.24) is 0 Å².